The monoisotopic (exact) mass is 347 g/mol. The number of nitrogens with one attached hydrogen (secondary N) is 1. The molecule has 3 aliphatic rings. The molecule has 2 heterocycles. The molecular formula is C17H15ClFN3O2. The lowest BCUT2D eigenvalue weighted by molar-refractivity contribution is -0.125. The molecule has 0 spiro atoms. The number of benzene rings is 1. The quantitative estimate of drug-likeness (QED) is 0.853. The molecule has 1 N–H and O–H groups in total. The normalized spacial score (nSPS) is 28.8. The van der Waals surface area contributed by atoms with Crippen molar-refractivity contribution in [1.82, 2.24) is 10.2 Å². The highest BCUT2D eigenvalue weighted by Crippen LogP contribution is 2.44. The Labute approximate surface area is 143 Å². The maximum absolute atomic E-state index is 13.2. The lowest BCUT2D eigenvalue weighted by atomic mass is 9.97. The molecule has 2 fully saturated rings. The number of urea groups is 1. The summed E-state index contributed by atoms with van der Waals surface area (Å²) in [6, 6.07) is 4.23. The van der Waals surface area contributed by atoms with Crippen molar-refractivity contribution < 1.29 is 14.0 Å². The van der Waals surface area contributed by atoms with Gasteiger partial charge in [-0.1, -0.05) is 17.7 Å². The molecule has 3 amide bonds. The van der Waals surface area contributed by atoms with Crippen molar-refractivity contribution >= 4 is 29.3 Å². The Bertz CT molecular complexity index is 776. The molecule has 0 radical (unpaired) electrons. The van der Waals surface area contributed by atoms with Crippen LogP contribution in [0.15, 0.2) is 35.3 Å². The van der Waals surface area contributed by atoms with E-state index < -0.39 is 5.82 Å². The van der Waals surface area contributed by atoms with E-state index in [-0.39, 0.29) is 41.4 Å². The third kappa shape index (κ3) is 2.60. The van der Waals surface area contributed by atoms with Gasteiger partial charge in [0.1, 0.15) is 5.82 Å². The number of dihydropyridines is 1. The highest BCUT2D eigenvalue weighted by atomic mass is 35.5. The summed E-state index contributed by atoms with van der Waals surface area (Å²) in [5, 5.41) is 2.63. The number of allylic oxidation sites excluding steroid dienone is 1. The number of hydrogen-bond acceptors (Lipinski definition) is 3. The molecule has 3 atom stereocenters. The van der Waals surface area contributed by atoms with Gasteiger partial charge in [0.05, 0.1) is 17.3 Å². The number of aliphatic imine (C=N–C) groups is 1. The van der Waals surface area contributed by atoms with E-state index in [2.05, 4.69) is 16.4 Å². The molecular weight excluding hydrogens is 333 g/mol. The first-order chi connectivity index (χ1) is 11.5. The van der Waals surface area contributed by atoms with Gasteiger partial charge in [-0.05, 0) is 36.6 Å². The third-order valence-electron chi connectivity index (χ3n) is 4.75. The Morgan fingerprint density at radius 1 is 1.33 bits per heavy atom. The largest absolute Gasteiger partial charge is 0.329 e. The Morgan fingerprint density at radius 3 is 2.79 bits per heavy atom. The summed E-state index contributed by atoms with van der Waals surface area (Å²) in [5.41, 5.74) is 1.54. The van der Waals surface area contributed by atoms with Gasteiger partial charge >= 0.3 is 6.03 Å². The van der Waals surface area contributed by atoms with Gasteiger partial charge in [0.25, 0.3) is 0 Å². The Hall–Kier alpha value is -2.21. The summed E-state index contributed by atoms with van der Waals surface area (Å²) in [6.07, 6.45) is 4.78. The van der Waals surface area contributed by atoms with Crippen LogP contribution in [0.1, 0.15) is 12.0 Å². The van der Waals surface area contributed by atoms with Crippen LogP contribution < -0.4 is 5.32 Å². The van der Waals surface area contributed by atoms with E-state index in [1.165, 1.54) is 11.0 Å². The molecule has 1 unspecified atom stereocenters. The number of amides is 3. The van der Waals surface area contributed by atoms with Crippen molar-refractivity contribution in [1.29, 1.82) is 0 Å². The van der Waals surface area contributed by atoms with Crippen LogP contribution in [0.5, 0.6) is 0 Å². The van der Waals surface area contributed by atoms with Crippen LogP contribution in [-0.4, -0.2) is 41.7 Å². The van der Waals surface area contributed by atoms with Crippen LogP contribution in [0, 0.1) is 17.7 Å². The molecule has 4 rings (SSSR count). The zero-order valence-corrected chi connectivity index (χ0v) is 13.5. The number of nitrogens with zero attached hydrogens (tertiary/aromatic N) is 2. The molecule has 0 aromatic heterocycles. The van der Waals surface area contributed by atoms with Crippen LogP contribution in [0.3, 0.4) is 0 Å². The van der Waals surface area contributed by atoms with E-state index in [0.29, 0.717) is 6.54 Å². The van der Waals surface area contributed by atoms with Crippen molar-refractivity contribution in [2.75, 3.05) is 13.1 Å². The second-order valence-corrected chi connectivity index (χ2v) is 6.67. The van der Waals surface area contributed by atoms with E-state index in [0.717, 1.165) is 17.7 Å². The van der Waals surface area contributed by atoms with E-state index in [9.17, 15) is 14.0 Å². The number of carbonyl (C=O) groups excluding carboxylic acids is 2. The van der Waals surface area contributed by atoms with Gasteiger partial charge in [-0.3, -0.25) is 14.7 Å². The van der Waals surface area contributed by atoms with Gasteiger partial charge in [0.2, 0.25) is 5.91 Å². The van der Waals surface area contributed by atoms with Gasteiger partial charge in [-0.2, -0.15) is 0 Å². The van der Waals surface area contributed by atoms with Gasteiger partial charge < -0.3 is 5.32 Å². The number of rotatable bonds is 3. The molecule has 1 saturated heterocycles. The molecule has 1 aliphatic carbocycles. The first-order valence-electron chi connectivity index (χ1n) is 7.82. The van der Waals surface area contributed by atoms with E-state index in [1.807, 2.05) is 6.08 Å². The molecule has 1 aromatic rings. The Kier molecular flexibility index (Phi) is 3.64. The van der Waals surface area contributed by atoms with Gasteiger partial charge in [-0.15, -0.1) is 0 Å². The van der Waals surface area contributed by atoms with Crippen LogP contribution in [0.2, 0.25) is 5.02 Å². The lowest BCUT2D eigenvalue weighted by Gasteiger charge is -2.18. The minimum absolute atomic E-state index is 0.0216. The highest BCUT2D eigenvalue weighted by molar-refractivity contribution is 6.31. The summed E-state index contributed by atoms with van der Waals surface area (Å²) >= 11 is 5.81. The van der Waals surface area contributed by atoms with E-state index >= 15 is 0 Å². The van der Waals surface area contributed by atoms with Gasteiger partial charge in [-0.25, -0.2) is 9.18 Å². The van der Waals surface area contributed by atoms with Crippen molar-refractivity contribution in [3.63, 3.8) is 0 Å². The summed E-state index contributed by atoms with van der Waals surface area (Å²) in [7, 11) is 0. The SMILES string of the molecule is O=C1CNC(=O)N1[C@@H]1C[C@H]1C1C=CC(c2ccc(F)c(Cl)c2)=NC1. The second-order valence-electron chi connectivity index (χ2n) is 6.27. The first-order valence-corrected chi connectivity index (χ1v) is 8.20. The fourth-order valence-corrected chi connectivity index (χ4v) is 3.56. The van der Waals surface area contributed by atoms with Crippen LogP contribution in [0.25, 0.3) is 0 Å². The lowest BCUT2D eigenvalue weighted by Crippen LogP contribution is -2.35. The number of imide groups is 1. The fraction of sp³-hybridized carbons (Fsp3) is 0.353. The summed E-state index contributed by atoms with van der Waals surface area (Å²) in [5.74, 6) is -0.141. The number of carbonyl (C=O) groups is 2. The smallest absolute Gasteiger partial charge is 0.324 e. The average Bonchev–Trinajstić information content (AvgIpc) is 3.29. The van der Waals surface area contributed by atoms with Crippen molar-refractivity contribution in [3.05, 3.63) is 46.8 Å². The second kappa shape index (κ2) is 5.70. The van der Waals surface area contributed by atoms with E-state index in [4.69, 9.17) is 11.6 Å². The number of halogens is 2. The standard InChI is InChI=1S/C17H15ClFN3O2/c18-12-5-9(1-3-13(12)19)14-4-2-10(7-20-14)11-6-15(11)22-16(23)8-21-17(22)24/h1-5,10-11,15H,6-8H2,(H,21,24)/t10?,11-,15+/m0/s1. The molecule has 1 aromatic carbocycles. The maximum atomic E-state index is 13.2. The topological polar surface area (TPSA) is 61.8 Å². The van der Waals surface area contributed by atoms with Crippen molar-refractivity contribution in [2.24, 2.45) is 16.8 Å². The predicted octanol–water partition coefficient (Wildman–Crippen LogP) is 2.39. The first kappa shape index (κ1) is 15.3. The fourth-order valence-electron chi connectivity index (χ4n) is 3.38. The molecule has 124 valence electrons. The minimum Gasteiger partial charge on any atom is -0.329 e. The zero-order valence-electron chi connectivity index (χ0n) is 12.7. The zero-order chi connectivity index (χ0) is 16.8. The minimum atomic E-state index is -0.451. The molecule has 7 heteroatoms. The maximum Gasteiger partial charge on any atom is 0.324 e. The van der Waals surface area contributed by atoms with Crippen molar-refractivity contribution in [2.45, 2.75) is 12.5 Å². The van der Waals surface area contributed by atoms with Crippen LogP contribution in [-0.2, 0) is 4.79 Å². The number of hydrogen-bond donors (Lipinski definition) is 1. The Morgan fingerprint density at radius 2 is 2.17 bits per heavy atom. The predicted molar refractivity (Wildman–Crippen MR) is 87.6 cm³/mol. The molecule has 0 bridgehead atoms. The summed E-state index contributed by atoms with van der Waals surface area (Å²) in [4.78, 5) is 29.3. The average molecular weight is 348 g/mol. The third-order valence-corrected chi connectivity index (χ3v) is 5.04. The molecule has 5 nitrogen and oxygen atoms in total. The van der Waals surface area contributed by atoms with Crippen molar-refractivity contribution in [3.8, 4) is 0 Å². The van der Waals surface area contributed by atoms with Gasteiger partial charge in [0, 0.05) is 24.1 Å². The molecule has 1 saturated carbocycles. The van der Waals surface area contributed by atoms with E-state index in [1.54, 1.807) is 12.1 Å². The Balaban J connectivity index is 1.43. The molecule has 24 heavy (non-hydrogen) atoms. The van der Waals surface area contributed by atoms with Gasteiger partial charge in [0.15, 0.2) is 0 Å². The molecule has 2 aliphatic heterocycles. The highest BCUT2D eigenvalue weighted by Gasteiger charge is 2.51. The van der Waals surface area contributed by atoms with Crippen LogP contribution >= 0.6 is 11.6 Å². The summed E-state index contributed by atoms with van der Waals surface area (Å²) in [6.45, 7) is 0.682. The summed E-state index contributed by atoms with van der Waals surface area (Å²) < 4.78 is 13.2. The van der Waals surface area contributed by atoms with Crippen LogP contribution in [0.4, 0.5) is 9.18 Å².